The van der Waals surface area contributed by atoms with Crippen LogP contribution >= 0.6 is 0 Å². The largest absolute Gasteiger partial charge is 0.522 e. The van der Waals surface area contributed by atoms with Gasteiger partial charge in [-0.15, -0.1) is 13.2 Å². The lowest BCUT2D eigenvalue weighted by atomic mass is 9.98. The monoisotopic (exact) mass is 423 g/mol. The van der Waals surface area contributed by atoms with Crippen LogP contribution in [0.4, 0.5) is 18.0 Å². The molecule has 0 saturated heterocycles. The summed E-state index contributed by atoms with van der Waals surface area (Å²) >= 11 is 0. The summed E-state index contributed by atoms with van der Waals surface area (Å²) in [4.78, 5) is 24.3. The van der Waals surface area contributed by atoms with Gasteiger partial charge in [0.05, 0.1) is 6.61 Å². The number of ether oxygens (including phenoxy) is 2. The minimum Gasteiger partial charge on any atom is -0.480 e. The van der Waals surface area contributed by atoms with E-state index in [4.69, 9.17) is 9.84 Å². The molecule has 2 aromatic rings. The van der Waals surface area contributed by atoms with Crippen LogP contribution in [0.1, 0.15) is 23.5 Å². The summed E-state index contributed by atoms with van der Waals surface area (Å²) in [6.07, 6.45) is -5.86. The Hall–Kier alpha value is -3.07. The number of alkyl halides is 3. The first kappa shape index (κ1) is 21.6. The third-order valence-electron chi connectivity index (χ3n) is 4.76. The van der Waals surface area contributed by atoms with Gasteiger partial charge in [-0.2, -0.15) is 0 Å². The summed E-state index contributed by atoms with van der Waals surface area (Å²) in [7, 11) is 0. The van der Waals surface area contributed by atoms with E-state index in [9.17, 15) is 22.8 Å². The number of rotatable bonds is 8. The van der Waals surface area contributed by atoms with E-state index >= 15 is 0 Å². The first-order valence-corrected chi connectivity index (χ1v) is 9.28. The Morgan fingerprint density at radius 3 is 2.10 bits per heavy atom. The van der Waals surface area contributed by atoms with Crippen molar-refractivity contribution in [1.82, 2.24) is 4.90 Å². The number of benzene rings is 2. The summed E-state index contributed by atoms with van der Waals surface area (Å²) < 4.78 is 45.2. The second kappa shape index (κ2) is 9.17. The number of amides is 1. The van der Waals surface area contributed by atoms with Crippen LogP contribution in [0.25, 0.3) is 11.1 Å². The van der Waals surface area contributed by atoms with E-state index in [2.05, 4.69) is 4.74 Å². The SMILES string of the molecule is O=C(O)CN(CCCOC(F)(F)F)C(=O)OCC1c2ccccc2-c2ccccc21. The van der Waals surface area contributed by atoms with Crippen molar-refractivity contribution < 1.29 is 37.3 Å². The number of hydrogen-bond acceptors (Lipinski definition) is 4. The first-order chi connectivity index (χ1) is 14.3. The number of halogens is 3. The second-order valence-corrected chi connectivity index (χ2v) is 6.77. The molecule has 3 rings (SSSR count). The van der Waals surface area contributed by atoms with Gasteiger partial charge >= 0.3 is 18.4 Å². The zero-order valence-corrected chi connectivity index (χ0v) is 15.9. The van der Waals surface area contributed by atoms with Crippen molar-refractivity contribution in [3.8, 4) is 11.1 Å². The molecule has 0 radical (unpaired) electrons. The molecule has 30 heavy (non-hydrogen) atoms. The molecular formula is C21H20F3NO5. The van der Waals surface area contributed by atoms with Crippen molar-refractivity contribution >= 4 is 12.1 Å². The van der Waals surface area contributed by atoms with Crippen LogP contribution in [-0.4, -0.2) is 54.7 Å². The van der Waals surface area contributed by atoms with Gasteiger partial charge in [-0.05, 0) is 28.7 Å². The van der Waals surface area contributed by atoms with Gasteiger partial charge in [-0.3, -0.25) is 14.4 Å². The van der Waals surface area contributed by atoms with Crippen LogP contribution in [0.15, 0.2) is 48.5 Å². The molecule has 0 spiro atoms. The minimum absolute atomic E-state index is 0.0119. The van der Waals surface area contributed by atoms with Crippen LogP contribution in [0.3, 0.4) is 0 Å². The fourth-order valence-electron chi connectivity index (χ4n) is 3.53. The molecule has 1 aliphatic rings. The fourth-order valence-corrected chi connectivity index (χ4v) is 3.53. The molecule has 1 aliphatic carbocycles. The summed E-state index contributed by atoms with van der Waals surface area (Å²) in [6.45, 7) is -1.61. The van der Waals surface area contributed by atoms with Crippen molar-refractivity contribution in [2.24, 2.45) is 0 Å². The minimum atomic E-state index is -4.78. The number of carboxylic acids is 1. The van der Waals surface area contributed by atoms with Gasteiger partial charge in [-0.1, -0.05) is 48.5 Å². The highest BCUT2D eigenvalue weighted by Gasteiger charge is 2.31. The molecule has 9 heteroatoms. The topological polar surface area (TPSA) is 76.1 Å². The molecule has 0 saturated carbocycles. The van der Waals surface area contributed by atoms with Crippen LogP contribution in [0.5, 0.6) is 0 Å². The Kier molecular flexibility index (Phi) is 6.61. The molecule has 0 heterocycles. The van der Waals surface area contributed by atoms with E-state index < -0.39 is 31.6 Å². The molecular weight excluding hydrogens is 403 g/mol. The predicted molar refractivity (Wildman–Crippen MR) is 101 cm³/mol. The van der Waals surface area contributed by atoms with Gasteiger partial charge in [0, 0.05) is 12.5 Å². The maximum atomic E-state index is 12.4. The van der Waals surface area contributed by atoms with Gasteiger partial charge in [-0.25, -0.2) is 4.79 Å². The molecule has 0 aliphatic heterocycles. The second-order valence-electron chi connectivity index (χ2n) is 6.77. The van der Waals surface area contributed by atoms with Gasteiger partial charge < -0.3 is 9.84 Å². The van der Waals surface area contributed by atoms with E-state index in [-0.39, 0.29) is 25.5 Å². The van der Waals surface area contributed by atoms with Gasteiger partial charge in [0.1, 0.15) is 13.2 Å². The van der Waals surface area contributed by atoms with E-state index in [1.807, 2.05) is 48.5 Å². The number of hydrogen-bond donors (Lipinski definition) is 1. The molecule has 6 nitrogen and oxygen atoms in total. The van der Waals surface area contributed by atoms with Crippen LogP contribution in [-0.2, 0) is 14.3 Å². The Bertz CT molecular complexity index is 870. The summed E-state index contributed by atoms with van der Waals surface area (Å²) in [5.74, 6) is -1.50. The molecule has 0 atom stereocenters. The number of carboxylic acid groups (broad SMARTS) is 1. The number of fused-ring (bicyclic) bond motifs is 3. The Morgan fingerprint density at radius 2 is 1.57 bits per heavy atom. The van der Waals surface area contributed by atoms with Crippen molar-refractivity contribution in [2.75, 3.05) is 26.3 Å². The third-order valence-corrected chi connectivity index (χ3v) is 4.76. The lowest BCUT2D eigenvalue weighted by Crippen LogP contribution is -2.38. The third kappa shape index (κ3) is 5.29. The molecule has 0 aromatic heterocycles. The van der Waals surface area contributed by atoms with E-state index in [1.54, 1.807) is 0 Å². The number of nitrogens with zero attached hydrogens (tertiary/aromatic N) is 1. The van der Waals surface area contributed by atoms with Gasteiger partial charge in [0.25, 0.3) is 0 Å². The zero-order chi connectivity index (χ0) is 21.7. The highest BCUT2D eigenvalue weighted by atomic mass is 19.4. The van der Waals surface area contributed by atoms with Crippen molar-refractivity contribution in [1.29, 1.82) is 0 Å². The Balaban J connectivity index is 1.64. The standard InChI is InChI=1S/C21H20F3NO5/c22-21(23,24)30-11-5-10-25(12-19(26)27)20(28)29-13-18-16-8-3-1-6-14(16)15-7-2-4-9-17(15)18/h1-4,6-9,18H,5,10-13H2,(H,26,27). The Morgan fingerprint density at radius 1 is 1.00 bits per heavy atom. The van der Waals surface area contributed by atoms with Crippen LogP contribution in [0.2, 0.25) is 0 Å². The van der Waals surface area contributed by atoms with E-state index in [0.717, 1.165) is 27.2 Å². The van der Waals surface area contributed by atoms with Crippen molar-refractivity contribution in [2.45, 2.75) is 18.7 Å². The molecule has 0 unspecified atom stereocenters. The van der Waals surface area contributed by atoms with Gasteiger partial charge in [0.2, 0.25) is 0 Å². The lowest BCUT2D eigenvalue weighted by Gasteiger charge is -2.22. The molecule has 0 fully saturated rings. The van der Waals surface area contributed by atoms with E-state index in [1.165, 1.54) is 0 Å². The quantitative estimate of drug-likeness (QED) is 0.643. The lowest BCUT2D eigenvalue weighted by molar-refractivity contribution is -0.324. The Labute approximate surface area is 170 Å². The molecule has 1 amide bonds. The zero-order valence-electron chi connectivity index (χ0n) is 15.9. The molecule has 0 bridgehead atoms. The smallest absolute Gasteiger partial charge is 0.480 e. The number of carbonyl (C=O) groups is 2. The van der Waals surface area contributed by atoms with Crippen LogP contribution < -0.4 is 0 Å². The number of aliphatic carboxylic acids is 1. The highest BCUT2D eigenvalue weighted by molar-refractivity contribution is 5.79. The predicted octanol–water partition coefficient (Wildman–Crippen LogP) is 4.25. The van der Waals surface area contributed by atoms with Crippen LogP contribution in [0, 0.1) is 0 Å². The first-order valence-electron chi connectivity index (χ1n) is 9.28. The summed E-state index contributed by atoms with van der Waals surface area (Å²) in [5, 5.41) is 9.00. The molecule has 160 valence electrons. The van der Waals surface area contributed by atoms with E-state index in [0.29, 0.717) is 0 Å². The average Bonchev–Trinajstić information content (AvgIpc) is 3.01. The average molecular weight is 423 g/mol. The summed E-state index contributed by atoms with van der Waals surface area (Å²) in [6, 6.07) is 15.5. The fraction of sp³-hybridized carbons (Fsp3) is 0.333. The van der Waals surface area contributed by atoms with Gasteiger partial charge in [0.15, 0.2) is 0 Å². The normalized spacial score (nSPS) is 12.9. The number of carbonyl (C=O) groups excluding carboxylic acids is 1. The molecule has 1 N–H and O–H groups in total. The summed E-state index contributed by atoms with van der Waals surface area (Å²) in [5.41, 5.74) is 4.08. The van der Waals surface area contributed by atoms with Crippen molar-refractivity contribution in [3.63, 3.8) is 0 Å². The maximum Gasteiger partial charge on any atom is 0.522 e. The maximum absolute atomic E-state index is 12.4. The highest BCUT2D eigenvalue weighted by Crippen LogP contribution is 2.44. The molecule has 2 aromatic carbocycles. The van der Waals surface area contributed by atoms with Crippen molar-refractivity contribution in [3.05, 3.63) is 59.7 Å².